The number of amides is 2. The Kier molecular flexibility index (Phi) is 3.42. The van der Waals surface area contributed by atoms with Gasteiger partial charge in [0.05, 0.1) is 22.6 Å². The van der Waals surface area contributed by atoms with E-state index < -0.39 is 21.9 Å². The molecule has 0 aromatic heterocycles. The van der Waals surface area contributed by atoms with Crippen molar-refractivity contribution in [3.05, 3.63) is 59.2 Å². The number of nitrogens with zero attached hydrogens (tertiary/aromatic N) is 1. The zero-order chi connectivity index (χ0) is 16.8. The van der Waals surface area contributed by atoms with Crippen molar-refractivity contribution in [2.75, 3.05) is 5.73 Å². The van der Waals surface area contributed by atoms with E-state index >= 15 is 0 Å². The highest BCUT2D eigenvalue weighted by molar-refractivity contribution is 7.85. The van der Waals surface area contributed by atoms with E-state index in [0.29, 0.717) is 5.69 Å². The second-order valence-electron chi connectivity index (χ2n) is 5.08. The molecule has 0 fully saturated rings. The lowest BCUT2D eigenvalue weighted by Gasteiger charge is -2.15. The van der Waals surface area contributed by atoms with Crippen molar-refractivity contribution in [2.24, 2.45) is 0 Å². The molecular weight excluding hydrogens is 320 g/mol. The van der Waals surface area contributed by atoms with E-state index in [1.807, 2.05) is 0 Å². The second-order valence-corrected chi connectivity index (χ2v) is 6.47. The first-order valence-electron chi connectivity index (χ1n) is 6.60. The monoisotopic (exact) mass is 332 g/mol. The van der Waals surface area contributed by atoms with Gasteiger partial charge >= 0.3 is 0 Å². The lowest BCUT2D eigenvalue weighted by molar-refractivity contribution is 0.0641. The van der Waals surface area contributed by atoms with E-state index in [2.05, 4.69) is 0 Å². The molecule has 0 aliphatic carbocycles. The van der Waals surface area contributed by atoms with Crippen molar-refractivity contribution in [1.29, 1.82) is 0 Å². The highest BCUT2D eigenvalue weighted by Gasteiger charge is 2.36. The summed E-state index contributed by atoms with van der Waals surface area (Å²) in [5.41, 5.74) is 6.52. The maximum absolute atomic E-state index is 12.4. The summed E-state index contributed by atoms with van der Waals surface area (Å²) in [4.78, 5) is 25.3. The molecular formula is C15H12N2O5S. The van der Waals surface area contributed by atoms with Gasteiger partial charge in [0.2, 0.25) is 0 Å². The zero-order valence-corrected chi connectivity index (χ0v) is 12.6. The van der Waals surface area contributed by atoms with Crippen molar-refractivity contribution in [1.82, 2.24) is 4.90 Å². The van der Waals surface area contributed by atoms with Crippen LogP contribution in [-0.2, 0) is 16.7 Å². The number of rotatable bonds is 3. The summed E-state index contributed by atoms with van der Waals surface area (Å²) in [6.07, 6.45) is 0. The molecule has 2 aromatic carbocycles. The molecule has 1 aliphatic rings. The summed E-state index contributed by atoms with van der Waals surface area (Å²) < 4.78 is 32.1. The fourth-order valence-corrected chi connectivity index (χ4v) is 3.22. The Morgan fingerprint density at radius 3 is 2.35 bits per heavy atom. The van der Waals surface area contributed by atoms with Crippen molar-refractivity contribution < 1.29 is 22.6 Å². The smallest absolute Gasteiger partial charge is 0.294 e. The van der Waals surface area contributed by atoms with Crippen LogP contribution in [0.4, 0.5) is 5.69 Å². The molecule has 0 atom stereocenters. The highest BCUT2D eigenvalue weighted by Crippen LogP contribution is 2.27. The van der Waals surface area contributed by atoms with Crippen LogP contribution in [-0.4, -0.2) is 29.7 Å². The number of hydrogen-bond donors (Lipinski definition) is 2. The molecule has 3 rings (SSSR count). The van der Waals surface area contributed by atoms with Gasteiger partial charge in [0.25, 0.3) is 21.9 Å². The number of benzene rings is 2. The number of anilines is 1. The minimum absolute atomic E-state index is 0.150. The Hall–Kier alpha value is -2.71. The molecule has 2 aromatic rings. The molecule has 23 heavy (non-hydrogen) atoms. The van der Waals surface area contributed by atoms with E-state index in [9.17, 15) is 22.6 Å². The quantitative estimate of drug-likeness (QED) is 0.497. The van der Waals surface area contributed by atoms with E-state index in [4.69, 9.17) is 5.73 Å². The van der Waals surface area contributed by atoms with Crippen LogP contribution in [0.3, 0.4) is 0 Å². The van der Waals surface area contributed by atoms with Crippen LogP contribution >= 0.6 is 0 Å². The first-order valence-corrected chi connectivity index (χ1v) is 8.04. The highest BCUT2D eigenvalue weighted by atomic mass is 32.2. The molecule has 0 saturated carbocycles. The molecule has 0 radical (unpaired) electrons. The normalized spacial score (nSPS) is 14.2. The Labute approximate surface area is 132 Å². The third-order valence-corrected chi connectivity index (χ3v) is 4.53. The number of imide groups is 1. The summed E-state index contributed by atoms with van der Waals surface area (Å²) in [5, 5.41) is 0. The maximum Gasteiger partial charge on any atom is 0.294 e. The minimum Gasteiger partial charge on any atom is -0.399 e. The van der Waals surface area contributed by atoms with Crippen LogP contribution in [0.2, 0.25) is 0 Å². The zero-order valence-electron chi connectivity index (χ0n) is 11.8. The van der Waals surface area contributed by atoms with Gasteiger partial charge in [-0.2, -0.15) is 8.42 Å². The summed E-state index contributed by atoms with van der Waals surface area (Å²) in [6, 6.07) is 10.0. The average molecular weight is 332 g/mol. The molecule has 7 nitrogen and oxygen atoms in total. The Balaban J connectivity index is 2.01. The van der Waals surface area contributed by atoms with Crippen LogP contribution in [0, 0.1) is 0 Å². The minimum atomic E-state index is -4.45. The van der Waals surface area contributed by atoms with Crippen molar-refractivity contribution >= 4 is 27.6 Å². The largest absolute Gasteiger partial charge is 0.399 e. The van der Waals surface area contributed by atoms with E-state index in [-0.39, 0.29) is 28.1 Å². The Morgan fingerprint density at radius 1 is 1.00 bits per heavy atom. The van der Waals surface area contributed by atoms with Crippen molar-refractivity contribution in [2.45, 2.75) is 11.4 Å². The number of nitrogen functional groups attached to an aromatic ring is 1. The number of carbonyl (C=O) groups is 2. The summed E-state index contributed by atoms with van der Waals surface area (Å²) >= 11 is 0. The summed E-state index contributed by atoms with van der Waals surface area (Å²) in [5.74, 6) is -1.09. The molecule has 118 valence electrons. The van der Waals surface area contributed by atoms with E-state index in [1.54, 1.807) is 6.07 Å². The predicted molar refractivity (Wildman–Crippen MR) is 81.3 cm³/mol. The third kappa shape index (κ3) is 2.58. The predicted octanol–water partition coefficient (Wildman–Crippen LogP) is 1.31. The molecule has 8 heteroatoms. The fourth-order valence-electron chi connectivity index (χ4n) is 2.51. The third-order valence-electron chi connectivity index (χ3n) is 3.57. The summed E-state index contributed by atoms with van der Waals surface area (Å²) in [7, 11) is -4.45. The van der Waals surface area contributed by atoms with Gasteiger partial charge < -0.3 is 5.73 Å². The molecule has 0 saturated heterocycles. The summed E-state index contributed by atoms with van der Waals surface area (Å²) in [6.45, 7) is -0.262. The molecule has 2 amide bonds. The molecule has 0 unspecified atom stereocenters. The van der Waals surface area contributed by atoms with E-state index in [1.165, 1.54) is 36.4 Å². The lowest BCUT2D eigenvalue weighted by atomic mass is 10.1. The number of hydrogen-bond acceptors (Lipinski definition) is 5. The molecule has 3 N–H and O–H groups in total. The van der Waals surface area contributed by atoms with Crippen LogP contribution in [0.1, 0.15) is 26.3 Å². The lowest BCUT2D eigenvalue weighted by Crippen LogP contribution is -2.29. The first-order chi connectivity index (χ1) is 10.8. The topological polar surface area (TPSA) is 118 Å². The fraction of sp³-hybridized carbons (Fsp3) is 0.0667. The Bertz CT molecular complexity index is 937. The second kappa shape index (κ2) is 5.18. The van der Waals surface area contributed by atoms with E-state index in [0.717, 1.165) is 4.90 Å². The van der Waals surface area contributed by atoms with Gasteiger partial charge in [0.1, 0.15) is 0 Å². The van der Waals surface area contributed by atoms with Crippen LogP contribution in [0.5, 0.6) is 0 Å². The number of fused-ring (bicyclic) bond motifs is 1. The van der Waals surface area contributed by atoms with Gasteiger partial charge in [-0.25, -0.2) is 0 Å². The number of nitrogens with two attached hydrogens (primary N) is 1. The average Bonchev–Trinajstić information content (AvgIpc) is 2.71. The van der Waals surface area contributed by atoms with Crippen LogP contribution < -0.4 is 5.73 Å². The van der Waals surface area contributed by atoms with Gasteiger partial charge in [0.15, 0.2) is 0 Å². The number of carbonyl (C=O) groups excluding carboxylic acids is 2. The maximum atomic E-state index is 12.4. The van der Waals surface area contributed by atoms with Crippen LogP contribution in [0.15, 0.2) is 47.4 Å². The van der Waals surface area contributed by atoms with Crippen molar-refractivity contribution in [3.8, 4) is 0 Å². The van der Waals surface area contributed by atoms with Gasteiger partial charge in [-0.05, 0) is 29.8 Å². The van der Waals surface area contributed by atoms with Gasteiger partial charge in [-0.15, -0.1) is 0 Å². The molecule has 0 bridgehead atoms. The molecule has 1 aliphatic heterocycles. The standard InChI is InChI=1S/C15H12N2O5S/c16-10-5-6-11-12(7-10)15(19)17(14(11)18)8-9-3-1-2-4-13(9)23(20,21)22/h1-7H,8,16H2,(H,20,21,22). The van der Waals surface area contributed by atoms with Gasteiger partial charge in [0, 0.05) is 5.69 Å². The van der Waals surface area contributed by atoms with Gasteiger partial charge in [-0.3, -0.25) is 19.0 Å². The molecule has 1 heterocycles. The first kappa shape index (κ1) is 15.2. The van der Waals surface area contributed by atoms with Gasteiger partial charge in [-0.1, -0.05) is 18.2 Å². The van der Waals surface area contributed by atoms with Crippen LogP contribution in [0.25, 0.3) is 0 Å². The SMILES string of the molecule is Nc1ccc2c(c1)C(=O)N(Cc1ccccc1S(=O)(=O)O)C2=O. The van der Waals surface area contributed by atoms with Crippen molar-refractivity contribution in [3.63, 3.8) is 0 Å². The Morgan fingerprint density at radius 2 is 1.65 bits per heavy atom. The molecule has 0 spiro atoms.